The SMILES string of the molecule is Cc1ccc([N+](=O)[O-])cc1C(=O)N1CCN([C@H](C)C(F)(F)F)CC1. The molecule has 1 heterocycles. The Morgan fingerprint density at radius 2 is 1.83 bits per heavy atom. The van der Waals surface area contributed by atoms with E-state index in [1.165, 1.54) is 28.0 Å². The van der Waals surface area contributed by atoms with Crippen LogP contribution in [0.2, 0.25) is 0 Å². The van der Waals surface area contributed by atoms with Crippen LogP contribution in [-0.2, 0) is 0 Å². The summed E-state index contributed by atoms with van der Waals surface area (Å²) < 4.78 is 38.2. The number of hydrogen-bond acceptors (Lipinski definition) is 4. The standard InChI is InChI=1S/C15H18F3N3O3/c1-10-3-4-12(21(23)24)9-13(10)14(22)20-7-5-19(6-8-20)11(2)15(16,17)18/h3-4,9,11H,5-8H2,1-2H3/t11-/m1/s1. The molecule has 6 nitrogen and oxygen atoms in total. The number of aryl methyl sites for hydroxylation is 1. The topological polar surface area (TPSA) is 66.7 Å². The Hall–Kier alpha value is -2.16. The fourth-order valence-corrected chi connectivity index (χ4v) is 2.64. The van der Waals surface area contributed by atoms with Crippen molar-refractivity contribution < 1.29 is 22.9 Å². The van der Waals surface area contributed by atoms with Crippen LogP contribution in [0.3, 0.4) is 0 Å². The minimum atomic E-state index is -4.30. The van der Waals surface area contributed by atoms with E-state index in [1.807, 2.05) is 0 Å². The number of carbonyl (C=O) groups is 1. The monoisotopic (exact) mass is 345 g/mol. The molecule has 0 aliphatic carbocycles. The predicted molar refractivity (Wildman–Crippen MR) is 80.8 cm³/mol. The summed E-state index contributed by atoms with van der Waals surface area (Å²) in [4.78, 5) is 25.5. The fourth-order valence-electron chi connectivity index (χ4n) is 2.64. The first-order valence-corrected chi connectivity index (χ1v) is 7.46. The number of nitrogens with zero attached hydrogens (tertiary/aromatic N) is 3. The van der Waals surface area contributed by atoms with Gasteiger partial charge in [0.2, 0.25) is 0 Å². The summed E-state index contributed by atoms with van der Waals surface area (Å²) in [7, 11) is 0. The third kappa shape index (κ3) is 3.84. The number of nitro groups is 1. The van der Waals surface area contributed by atoms with E-state index in [0.717, 1.165) is 6.92 Å². The molecule has 1 saturated heterocycles. The van der Waals surface area contributed by atoms with Gasteiger partial charge in [-0.3, -0.25) is 19.8 Å². The largest absolute Gasteiger partial charge is 0.403 e. The maximum Gasteiger partial charge on any atom is 0.403 e. The Bertz CT molecular complexity index is 641. The lowest BCUT2D eigenvalue weighted by Gasteiger charge is -2.38. The van der Waals surface area contributed by atoms with Crippen LogP contribution in [0.25, 0.3) is 0 Å². The zero-order valence-electron chi connectivity index (χ0n) is 13.3. The van der Waals surface area contributed by atoms with Crippen molar-refractivity contribution in [1.82, 2.24) is 9.80 Å². The van der Waals surface area contributed by atoms with Crippen LogP contribution in [0, 0.1) is 17.0 Å². The van der Waals surface area contributed by atoms with Crippen molar-refractivity contribution >= 4 is 11.6 Å². The Morgan fingerprint density at radius 1 is 1.25 bits per heavy atom. The molecular formula is C15H18F3N3O3. The van der Waals surface area contributed by atoms with Gasteiger partial charge >= 0.3 is 6.18 Å². The second kappa shape index (κ2) is 6.76. The van der Waals surface area contributed by atoms with Gasteiger partial charge in [-0.25, -0.2) is 0 Å². The maximum atomic E-state index is 12.7. The summed E-state index contributed by atoms with van der Waals surface area (Å²) in [6, 6.07) is 2.46. The molecule has 1 aliphatic heterocycles. The Morgan fingerprint density at radius 3 is 2.33 bits per heavy atom. The first-order valence-electron chi connectivity index (χ1n) is 7.46. The van der Waals surface area contributed by atoms with E-state index in [0.29, 0.717) is 5.56 Å². The number of alkyl halides is 3. The number of benzene rings is 1. The molecular weight excluding hydrogens is 327 g/mol. The summed E-state index contributed by atoms with van der Waals surface area (Å²) in [5.74, 6) is -0.393. The van der Waals surface area contributed by atoms with Gasteiger partial charge in [0.1, 0.15) is 6.04 Å². The first-order chi connectivity index (χ1) is 11.1. The predicted octanol–water partition coefficient (Wildman–Crippen LogP) is 2.61. The first kappa shape index (κ1) is 18.2. The average molecular weight is 345 g/mol. The van der Waals surface area contributed by atoms with Gasteiger partial charge in [0.15, 0.2) is 0 Å². The summed E-state index contributed by atoms with van der Waals surface area (Å²) in [5.41, 5.74) is 0.617. The Kier molecular flexibility index (Phi) is 5.12. The number of non-ortho nitro benzene ring substituents is 1. The molecule has 1 aromatic rings. The van der Waals surface area contributed by atoms with Crippen LogP contribution in [0.5, 0.6) is 0 Å². The molecule has 0 unspecified atom stereocenters. The highest BCUT2D eigenvalue weighted by molar-refractivity contribution is 5.96. The van der Waals surface area contributed by atoms with Crippen molar-refractivity contribution in [3.8, 4) is 0 Å². The van der Waals surface area contributed by atoms with Crippen LogP contribution >= 0.6 is 0 Å². The zero-order valence-corrected chi connectivity index (χ0v) is 13.3. The number of halogens is 3. The molecule has 2 rings (SSSR count). The van der Waals surface area contributed by atoms with Gasteiger partial charge in [-0.2, -0.15) is 13.2 Å². The average Bonchev–Trinajstić information content (AvgIpc) is 2.53. The number of rotatable bonds is 3. The molecule has 9 heteroatoms. The molecule has 132 valence electrons. The lowest BCUT2D eigenvalue weighted by Crippen LogP contribution is -2.54. The Labute approximate surface area is 137 Å². The molecule has 1 aromatic carbocycles. The molecule has 0 radical (unpaired) electrons. The van der Waals surface area contributed by atoms with E-state index >= 15 is 0 Å². The summed E-state index contributed by atoms with van der Waals surface area (Å²) in [6.07, 6.45) is -4.30. The van der Waals surface area contributed by atoms with Gasteiger partial charge in [0.25, 0.3) is 11.6 Å². The van der Waals surface area contributed by atoms with E-state index < -0.39 is 23.0 Å². The highest BCUT2D eigenvalue weighted by atomic mass is 19.4. The zero-order chi connectivity index (χ0) is 18.1. The maximum absolute atomic E-state index is 12.7. The van der Waals surface area contributed by atoms with Gasteiger partial charge in [0, 0.05) is 43.9 Å². The number of nitro benzene ring substituents is 1. The summed E-state index contributed by atoms with van der Waals surface area (Å²) >= 11 is 0. The third-order valence-corrected chi connectivity index (χ3v) is 4.29. The number of carbonyl (C=O) groups excluding carboxylic acids is 1. The molecule has 1 amide bonds. The molecule has 24 heavy (non-hydrogen) atoms. The quantitative estimate of drug-likeness (QED) is 0.624. The number of hydrogen-bond donors (Lipinski definition) is 0. The highest BCUT2D eigenvalue weighted by Gasteiger charge is 2.41. The molecule has 1 aliphatic rings. The van der Waals surface area contributed by atoms with Gasteiger partial charge in [-0.1, -0.05) is 6.07 Å². The van der Waals surface area contributed by atoms with Gasteiger partial charge in [0.05, 0.1) is 4.92 Å². The number of piperazine rings is 1. The third-order valence-electron chi connectivity index (χ3n) is 4.29. The molecule has 0 N–H and O–H groups in total. The van der Waals surface area contributed by atoms with E-state index in [2.05, 4.69) is 0 Å². The van der Waals surface area contributed by atoms with E-state index in [1.54, 1.807) is 6.92 Å². The molecule has 0 aromatic heterocycles. The van der Waals surface area contributed by atoms with Crippen LogP contribution in [0.4, 0.5) is 18.9 Å². The minimum absolute atomic E-state index is 0.111. The van der Waals surface area contributed by atoms with E-state index in [9.17, 15) is 28.1 Å². The molecule has 1 atom stereocenters. The van der Waals surface area contributed by atoms with Crippen LogP contribution in [0.1, 0.15) is 22.8 Å². The van der Waals surface area contributed by atoms with Gasteiger partial charge in [-0.05, 0) is 19.4 Å². The molecule has 0 spiro atoms. The van der Waals surface area contributed by atoms with Crippen molar-refractivity contribution in [3.63, 3.8) is 0 Å². The van der Waals surface area contributed by atoms with Crippen LogP contribution in [-0.4, -0.2) is 59.0 Å². The van der Waals surface area contributed by atoms with Crippen molar-refractivity contribution in [2.24, 2.45) is 0 Å². The lowest BCUT2D eigenvalue weighted by molar-refractivity contribution is -0.384. The van der Waals surface area contributed by atoms with Gasteiger partial charge in [-0.15, -0.1) is 0 Å². The van der Waals surface area contributed by atoms with E-state index in [4.69, 9.17) is 0 Å². The lowest BCUT2D eigenvalue weighted by atomic mass is 10.1. The smallest absolute Gasteiger partial charge is 0.336 e. The second-order valence-corrected chi connectivity index (χ2v) is 5.80. The van der Waals surface area contributed by atoms with Crippen LogP contribution in [0.15, 0.2) is 18.2 Å². The van der Waals surface area contributed by atoms with Crippen molar-refractivity contribution in [2.45, 2.75) is 26.1 Å². The van der Waals surface area contributed by atoms with Crippen molar-refractivity contribution in [2.75, 3.05) is 26.2 Å². The summed E-state index contributed by atoms with van der Waals surface area (Å²) in [6.45, 7) is 3.30. The Balaban J connectivity index is 2.08. The van der Waals surface area contributed by atoms with Crippen molar-refractivity contribution in [3.05, 3.63) is 39.4 Å². The second-order valence-electron chi connectivity index (χ2n) is 5.80. The van der Waals surface area contributed by atoms with E-state index in [-0.39, 0.29) is 37.4 Å². The summed E-state index contributed by atoms with van der Waals surface area (Å²) in [5, 5.41) is 10.8. The normalized spacial score (nSPS) is 17.6. The minimum Gasteiger partial charge on any atom is -0.336 e. The fraction of sp³-hybridized carbons (Fsp3) is 0.533. The van der Waals surface area contributed by atoms with Crippen molar-refractivity contribution in [1.29, 1.82) is 0 Å². The van der Waals surface area contributed by atoms with Crippen LogP contribution < -0.4 is 0 Å². The molecule has 0 bridgehead atoms. The van der Waals surface area contributed by atoms with Gasteiger partial charge < -0.3 is 4.90 Å². The molecule has 0 saturated carbocycles. The highest BCUT2D eigenvalue weighted by Crippen LogP contribution is 2.26. The molecule has 1 fully saturated rings. The number of amides is 1.